The molecule has 0 spiro atoms. The highest BCUT2D eigenvalue weighted by atomic mass is 32.1. The summed E-state index contributed by atoms with van der Waals surface area (Å²) in [5, 5.41) is 6.34. The van der Waals surface area contributed by atoms with E-state index in [1.165, 1.54) is 12.8 Å². The molecule has 1 aliphatic heterocycles. The van der Waals surface area contributed by atoms with Gasteiger partial charge in [0.1, 0.15) is 10.7 Å². The summed E-state index contributed by atoms with van der Waals surface area (Å²) in [7, 11) is 0. The number of hydrogen-bond donors (Lipinski definition) is 1. The molecule has 3 nitrogen and oxygen atoms in total. The molecule has 0 amide bonds. The minimum atomic E-state index is 0.0586. The van der Waals surface area contributed by atoms with E-state index in [1.807, 2.05) is 5.38 Å². The Balaban J connectivity index is 2.11. The van der Waals surface area contributed by atoms with Gasteiger partial charge in [-0.1, -0.05) is 6.42 Å². The molecule has 0 aromatic carbocycles. The number of carbonyl (C=O) groups is 1. The zero-order chi connectivity index (χ0) is 9.97. The number of carbonyl (C=O) groups excluding carboxylic acids is 1. The fourth-order valence-electron chi connectivity index (χ4n) is 1.67. The van der Waals surface area contributed by atoms with Crippen molar-refractivity contribution in [2.24, 2.45) is 0 Å². The number of Topliss-reactive ketones (excluding diaryl/α,β-unsaturated/α-hetero) is 1. The van der Waals surface area contributed by atoms with Crippen LogP contribution in [0.25, 0.3) is 0 Å². The van der Waals surface area contributed by atoms with Gasteiger partial charge in [0.25, 0.3) is 0 Å². The summed E-state index contributed by atoms with van der Waals surface area (Å²) >= 11 is 1.59. The van der Waals surface area contributed by atoms with E-state index in [-0.39, 0.29) is 5.78 Å². The van der Waals surface area contributed by atoms with Gasteiger partial charge in [-0.3, -0.25) is 4.79 Å². The van der Waals surface area contributed by atoms with Crippen molar-refractivity contribution in [3.63, 3.8) is 0 Å². The predicted molar refractivity (Wildman–Crippen MR) is 56.7 cm³/mol. The van der Waals surface area contributed by atoms with Crippen molar-refractivity contribution in [1.29, 1.82) is 0 Å². The summed E-state index contributed by atoms with van der Waals surface area (Å²) in [6, 6.07) is 0.377. The minimum absolute atomic E-state index is 0.0586. The summed E-state index contributed by atoms with van der Waals surface area (Å²) in [4.78, 5) is 15.4. The summed E-state index contributed by atoms with van der Waals surface area (Å²) in [6.07, 6.45) is 3.65. The summed E-state index contributed by atoms with van der Waals surface area (Å²) in [5.41, 5.74) is 0.609. The topological polar surface area (TPSA) is 42.0 Å². The number of aromatic nitrogens is 1. The van der Waals surface area contributed by atoms with Crippen molar-refractivity contribution in [2.45, 2.75) is 32.2 Å². The van der Waals surface area contributed by atoms with Crippen LogP contribution in [0.2, 0.25) is 0 Å². The van der Waals surface area contributed by atoms with Crippen molar-refractivity contribution < 1.29 is 4.79 Å². The molecule has 1 atom stereocenters. The lowest BCUT2D eigenvalue weighted by molar-refractivity contribution is 0.101. The highest BCUT2D eigenvalue weighted by Crippen LogP contribution is 2.25. The predicted octanol–water partition coefficient (Wildman–Crippen LogP) is 2.16. The van der Waals surface area contributed by atoms with Crippen LogP contribution in [-0.2, 0) is 0 Å². The Morgan fingerprint density at radius 1 is 1.64 bits per heavy atom. The standard InChI is InChI=1S/C10H14N2OS/c1-7(13)9-6-14-10(12-9)8-4-2-3-5-11-8/h6,8,11H,2-5H2,1H3. The Morgan fingerprint density at radius 3 is 3.07 bits per heavy atom. The average molecular weight is 210 g/mol. The Kier molecular flexibility index (Phi) is 2.93. The number of hydrogen-bond acceptors (Lipinski definition) is 4. The number of nitrogens with zero attached hydrogens (tertiary/aromatic N) is 1. The monoisotopic (exact) mass is 210 g/mol. The molecule has 2 rings (SSSR count). The lowest BCUT2D eigenvalue weighted by atomic mass is 10.1. The Labute approximate surface area is 87.6 Å². The van der Waals surface area contributed by atoms with E-state index in [4.69, 9.17) is 0 Å². The lowest BCUT2D eigenvalue weighted by Crippen LogP contribution is -2.26. The molecular weight excluding hydrogens is 196 g/mol. The van der Waals surface area contributed by atoms with Crippen LogP contribution in [0, 0.1) is 0 Å². The largest absolute Gasteiger partial charge is 0.308 e. The van der Waals surface area contributed by atoms with Gasteiger partial charge >= 0.3 is 0 Å². The first kappa shape index (κ1) is 9.80. The first-order valence-corrected chi connectivity index (χ1v) is 5.85. The second-order valence-corrected chi connectivity index (χ2v) is 4.52. The number of ketones is 1. The van der Waals surface area contributed by atoms with Crippen LogP contribution in [-0.4, -0.2) is 17.3 Å². The zero-order valence-electron chi connectivity index (χ0n) is 8.25. The number of thiazole rings is 1. The fourth-order valence-corrected chi connectivity index (χ4v) is 2.64. The van der Waals surface area contributed by atoms with Gasteiger partial charge in [0.15, 0.2) is 5.78 Å². The molecule has 1 unspecified atom stereocenters. The van der Waals surface area contributed by atoms with Crippen molar-refractivity contribution in [2.75, 3.05) is 6.54 Å². The zero-order valence-corrected chi connectivity index (χ0v) is 9.06. The maximum Gasteiger partial charge on any atom is 0.178 e. The fraction of sp³-hybridized carbons (Fsp3) is 0.600. The molecule has 0 radical (unpaired) electrons. The first-order valence-electron chi connectivity index (χ1n) is 4.97. The lowest BCUT2D eigenvalue weighted by Gasteiger charge is -2.21. The van der Waals surface area contributed by atoms with E-state index >= 15 is 0 Å². The van der Waals surface area contributed by atoms with Gasteiger partial charge in [-0.2, -0.15) is 0 Å². The Morgan fingerprint density at radius 2 is 2.50 bits per heavy atom. The molecule has 2 heterocycles. The second-order valence-electron chi connectivity index (χ2n) is 3.63. The highest BCUT2D eigenvalue weighted by Gasteiger charge is 2.18. The van der Waals surface area contributed by atoms with E-state index in [9.17, 15) is 4.79 Å². The molecule has 0 bridgehead atoms. The smallest absolute Gasteiger partial charge is 0.178 e. The summed E-state index contributed by atoms with van der Waals surface area (Å²) < 4.78 is 0. The molecule has 76 valence electrons. The maximum atomic E-state index is 11.1. The van der Waals surface area contributed by atoms with Gasteiger partial charge in [0.05, 0.1) is 6.04 Å². The van der Waals surface area contributed by atoms with Crippen LogP contribution >= 0.6 is 11.3 Å². The van der Waals surface area contributed by atoms with Gasteiger partial charge in [-0.15, -0.1) is 11.3 Å². The first-order chi connectivity index (χ1) is 6.77. The molecule has 14 heavy (non-hydrogen) atoms. The molecule has 1 saturated heterocycles. The third-order valence-electron chi connectivity index (χ3n) is 2.49. The molecule has 4 heteroatoms. The van der Waals surface area contributed by atoms with Gasteiger partial charge < -0.3 is 5.32 Å². The molecule has 1 N–H and O–H groups in total. The number of nitrogens with one attached hydrogen (secondary N) is 1. The average Bonchev–Trinajstić information content (AvgIpc) is 2.68. The van der Waals surface area contributed by atoms with Crippen molar-refractivity contribution >= 4 is 17.1 Å². The van der Waals surface area contributed by atoms with Crippen LogP contribution in [0.4, 0.5) is 0 Å². The Bertz CT molecular complexity index is 329. The minimum Gasteiger partial charge on any atom is -0.308 e. The normalized spacial score (nSPS) is 22.2. The molecule has 0 aliphatic carbocycles. The van der Waals surface area contributed by atoms with Crippen LogP contribution in [0.3, 0.4) is 0 Å². The van der Waals surface area contributed by atoms with Crippen molar-refractivity contribution in [1.82, 2.24) is 10.3 Å². The van der Waals surface area contributed by atoms with E-state index in [0.29, 0.717) is 11.7 Å². The molecular formula is C10H14N2OS. The molecule has 1 aromatic heterocycles. The summed E-state index contributed by atoms with van der Waals surface area (Å²) in [5.74, 6) is 0.0586. The van der Waals surface area contributed by atoms with E-state index in [2.05, 4.69) is 10.3 Å². The maximum absolute atomic E-state index is 11.1. The summed E-state index contributed by atoms with van der Waals surface area (Å²) in [6.45, 7) is 2.63. The van der Waals surface area contributed by atoms with Crippen LogP contribution in [0.1, 0.15) is 47.7 Å². The van der Waals surface area contributed by atoms with Crippen LogP contribution < -0.4 is 5.32 Å². The third kappa shape index (κ3) is 2.01. The van der Waals surface area contributed by atoms with Gasteiger partial charge in [0.2, 0.25) is 0 Å². The van der Waals surface area contributed by atoms with E-state index in [0.717, 1.165) is 18.0 Å². The number of piperidine rings is 1. The molecule has 1 fully saturated rings. The molecule has 0 saturated carbocycles. The van der Waals surface area contributed by atoms with Gasteiger partial charge in [-0.05, 0) is 19.4 Å². The SMILES string of the molecule is CC(=O)c1csc(C2CCCCN2)n1. The molecule has 1 aromatic rings. The van der Waals surface area contributed by atoms with E-state index in [1.54, 1.807) is 18.3 Å². The van der Waals surface area contributed by atoms with Crippen molar-refractivity contribution in [3.05, 3.63) is 16.1 Å². The van der Waals surface area contributed by atoms with E-state index < -0.39 is 0 Å². The number of rotatable bonds is 2. The second kappa shape index (κ2) is 4.19. The van der Waals surface area contributed by atoms with Crippen molar-refractivity contribution in [3.8, 4) is 0 Å². The van der Waals surface area contributed by atoms with Crippen LogP contribution in [0.5, 0.6) is 0 Å². The highest BCUT2D eigenvalue weighted by molar-refractivity contribution is 7.09. The Hall–Kier alpha value is -0.740. The quantitative estimate of drug-likeness (QED) is 0.761. The van der Waals surface area contributed by atoms with Crippen LogP contribution in [0.15, 0.2) is 5.38 Å². The van der Waals surface area contributed by atoms with Gasteiger partial charge in [-0.25, -0.2) is 4.98 Å². The van der Waals surface area contributed by atoms with Gasteiger partial charge in [0, 0.05) is 12.3 Å². The third-order valence-corrected chi connectivity index (χ3v) is 3.45. The molecule has 1 aliphatic rings.